The Bertz CT molecular complexity index is 1350. The van der Waals surface area contributed by atoms with Gasteiger partial charge in [0.05, 0.1) is 5.69 Å². The van der Waals surface area contributed by atoms with Gasteiger partial charge in [-0.1, -0.05) is 6.07 Å². The molecule has 0 saturated heterocycles. The minimum atomic E-state index is -2.78. The first kappa shape index (κ1) is 22.4. The Labute approximate surface area is 183 Å². The fourth-order valence-corrected chi connectivity index (χ4v) is 3.25. The standard InChI is InChI=1S/C21H17F4N5O3/c1-29-9-12(3-7-17(29)31)30-21(32)18(11-2-4-14(20(24)25)26-8-11)19-13(28-30)5-6-16(27-19)33-10-15(22)23/h2-9,15,20-21,32H,10H2,1H3. The number of aliphatic hydroxyl groups is 1. The van der Waals surface area contributed by atoms with Crippen LogP contribution in [0.1, 0.15) is 17.7 Å². The summed E-state index contributed by atoms with van der Waals surface area (Å²) in [6, 6.07) is 8.02. The fraction of sp³-hybridized carbons (Fsp3) is 0.238. The second kappa shape index (κ2) is 8.98. The lowest BCUT2D eigenvalue weighted by Crippen LogP contribution is -2.47. The molecule has 0 fully saturated rings. The Morgan fingerprint density at radius 1 is 1.12 bits per heavy atom. The van der Waals surface area contributed by atoms with Crippen molar-refractivity contribution in [1.82, 2.24) is 14.5 Å². The number of aromatic nitrogens is 3. The summed E-state index contributed by atoms with van der Waals surface area (Å²) in [5, 5.41) is 17.1. The Morgan fingerprint density at radius 2 is 1.91 bits per heavy atom. The van der Waals surface area contributed by atoms with E-state index in [4.69, 9.17) is 4.74 Å². The molecule has 1 unspecified atom stereocenters. The second-order valence-electron chi connectivity index (χ2n) is 7.06. The molecule has 1 atom stereocenters. The minimum Gasteiger partial charge on any atom is -0.472 e. The zero-order valence-electron chi connectivity index (χ0n) is 17.1. The molecule has 1 aliphatic rings. The molecule has 4 heterocycles. The van der Waals surface area contributed by atoms with Crippen LogP contribution in [0.15, 0.2) is 58.7 Å². The molecule has 1 N–H and O–H groups in total. The summed E-state index contributed by atoms with van der Waals surface area (Å²) in [6.07, 6.45) is -4.34. The van der Waals surface area contributed by atoms with Crippen molar-refractivity contribution in [3.05, 3.63) is 81.1 Å². The molecule has 4 rings (SSSR count). The van der Waals surface area contributed by atoms with Crippen LogP contribution in [-0.2, 0) is 7.05 Å². The zero-order valence-corrected chi connectivity index (χ0v) is 17.1. The number of halogens is 4. The maximum Gasteiger partial charge on any atom is 0.280 e. The Hall–Kier alpha value is -3.80. The average molecular weight is 463 g/mol. The molecule has 3 aromatic heterocycles. The summed E-state index contributed by atoms with van der Waals surface area (Å²) in [4.78, 5) is 19.7. The van der Waals surface area contributed by atoms with Gasteiger partial charge in [-0.15, -0.1) is 0 Å². The Balaban J connectivity index is 1.90. The van der Waals surface area contributed by atoms with E-state index >= 15 is 0 Å². The summed E-state index contributed by atoms with van der Waals surface area (Å²) >= 11 is 0. The number of fused-ring (bicyclic) bond motifs is 1. The van der Waals surface area contributed by atoms with Crippen LogP contribution in [0.4, 0.5) is 23.2 Å². The molecule has 0 aromatic carbocycles. The number of pyridine rings is 3. The van der Waals surface area contributed by atoms with Gasteiger partial charge in [-0.2, -0.15) is 5.10 Å². The molecule has 0 bridgehead atoms. The van der Waals surface area contributed by atoms with E-state index in [1.807, 2.05) is 0 Å². The van der Waals surface area contributed by atoms with Crippen LogP contribution in [0.5, 0.6) is 5.88 Å². The van der Waals surface area contributed by atoms with E-state index in [1.165, 1.54) is 53.2 Å². The van der Waals surface area contributed by atoms with Crippen molar-refractivity contribution < 1.29 is 27.4 Å². The molecule has 0 spiro atoms. The van der Waals surface area contributed by atoms with E-state index in [-0.39, 0.29) is 33.3 Å². The van der Waals surface area contributed by atoms with Crippen molar-refractivity contribution in [3.8, 4) is 5.88 Å². The number of anilines is 1. The summed E-state index contributed by atoms with van der Waals surface area (Å²) in [5.74, 6) is -0.123. The van der Waals surface area contributed by atoms with E-state index < -0.39 is 31.4 Å². The molecule has 12 heteroatoms. The maximum atomic E-state index is 13.0. The third kappa shape index (κ3) is 4.55. The Morgan fingerprint density at radius 3 is 2.55 bits per heavy atom. The van der Waals surface area contributed by atoms with Crippen molar-refractivity contribution >= 4 is 11.3 Å². The number of aliphatic hydroxyl groups excluding tert-OH is 1. The molecule has 33 heavy (non-hydrogen) atoms. The molecule has 0 amide bonds. The molecule has 0 radical (unpaired) electrons. The predicted octanol–water partition coefficient (Wildman–Crippen LogP) is 1.33. The normalized spacial score (nSPS) is 15.6. The van der Waals surface area contributed by atoms with Crippen molar-refractivity contribution in [3.63, 3.8) is 0 Å². The van der Waals surface area contributed by atoms with Gasteiger partial charge >= 0.3 is 0 Å². The lowest BCUT2D eigenvalue weighted by atomic mass is 10.0. The van der Waals surface area contributed by atoms with E-state index in [2.05, 4.69) is 15.1 Å². The summed E-state index contributed by atoms with van der Waals surface area (Å²) in [7, 11) is 1.53. The van der Waals surface area contributed by atoms with Gasteiger partial charge in [0.15, 0.2) is 12.8 Å². The van der Waals surface area contributed by atoms with E-state index in [0.29, 0.717) is 5.69 Å². The van der Waals surface area contributed by atoms with Crippen LogP contribution in [0, 0.1) is 0 Å². The zero-order chi connectivity index (χ0) is 23.7. The monoisotopic (exact) mass is 463 g/mol. The van der Waals surface area contributed by atoms with Gasteiger partial charge in [-0.3, -0.25) is 9.78 Å². The highest BCUT2D eigenvalue weighted by Crippen LogP contribution is 2.26. The van der Waals surface area contributed by atoms with E-state index in [1.54, 1.807) is 0 Å². The molecule has 0 saturated carbocycles. The number of aryl methyl sites for hydroxylation is 1. The first-order valence-electron chi connectivity index (χ1n) is 9.64. The highest BCUT2D eigenvalue weighted by atomic mass is 19.3. The summed E-state index contributed by atoms with van der Waals surface area (Å²) in [6.45, 7) is -0.879. The highest BCUT2D eigenvalue weighted by molar-refractivity contribution is 5.71. The van der Waals surface area contributed by atoms with Crippen LogP contribution in [-0.4, -0.2) is 38.9 Å². The minimum absolute atomic E-state index is 0.113. The van der Waals surface area contributed by atoms with Gasteiger partial charge in [0, 0.05) is 42.7 Å². The van der Waals surface area contributed by atoms with Crippen LogP contribution in [0.3, 0.4) is 0 Å². The largest absolute Gasteiger partial charge is 0.472 e. The second-order valence-corrected chi connectivity index (χ2v) is 7.06. The molecular formula is C21H17F4N5O3. The van der Waals surface area contributed by atoms with E-state index in [9.17, 15) is 27.5 Å². The lowest BCUT2D eigenvalue weighted by Gasteiger charge is -2.29. The first-order chi connectivity index (χ1) is 15.7. The topological polar surface area (TPSA) is 92.8 Å². The molecule has 172 valence electrons. The van der Waals surface area contributed by atoms with Crippen molar-refractivity contribution in [1.29, 1.82) is 0 Å². The van der Waals surface area contributed by atoms with Gasteiger partial charge in [0.1, 0.15) is 16.4 Å². The summed E-state index contributed by atoms with van der Waals surface area (Å²) in [5.41, 5.74) is 0.0413. The van der Waals surface area contributed by atoms with Crippen LogP contribution in [0.2, 0.25) is 0 Å². The number of hydrogen-bond donors (Lipinski definition) is 1. The van der Waals surface area contributed by atoms with Gasteiger partial charge < -0.3 is 14.4 Å². The summed E-state index contributed by atoms with van der Waals surface area (Å²) < 4.78 is 57.3. The first-order valence-corrected chi connectivity index (χ1v) is 9.64. The van der Waals surface area contributed by atoms with Crippen LogP contribution >= 0.6 is 0 Å². The Kier molecular flexibility index (Phi) is 6.09. The maximum absolute atomic E-state index is 13.0. The molecular weight excluding hydrogens is 446 g/mol. The molecule has 3 aromatic rings. The lowest BCUT2D eigenvalue weighted by molar-refractivity contribution is 0.0794. The average Bonchev–Trinajstić information content (AvgIpc) is 2.79. The third-order valence-electron chi connectivity index (χ3n) is 4.82. The van der Waals surface area contributed by atoms with Gasteiger partial charge in [-0.05, 0) is 18.2 Å². The molecule has 0 aliphatic carbocycles. The number of hydrogen-bond acceptors (Lipinski definition) is 7. The quantitative estimate of drug-likeness (QED) is 0.555. The van der Waals surface area contributed by atoms with Crippen molar-refractivity contribution in [2.45, 2.75) is 19.1 Å². The third-order valence-corrected chi connectivity index (χ3v) is 4.82. The van der Waals surface area contributed by atoms with Gasteiger partial charge in [0.25, 0.3) is 12.9 Å². The van der Waals surface area contributed by atoms with E-state index in [0.717, 1.165) is 12.3 Å². The number of alkyl halides is 4. The predicted molar refractivity (Wildman–Crippen MR) is 108 cm³/mol. The van der Waals surface area contributed by atoms with Crippen molar-refractivity contribution in [2.75, 3.05) is 11.6 Å². The number of nitrogens with zero attached hydrogens (tertiary/aromatic N) is 5. The van der Waals surface area contributed by atoms with Crippen LogP contribution < -0.4 is 26.0 Å². The van der Waals surface area contributed by atoms with Gasteiger partial charge in [-0.25, -0.2) is 27.6 Å². The van der Waals surface area contributed by atoms with Gasteiger partial charge in [0.2, 0.25) is 11.4 Å². The SMILES string of the molecule is Cn1cc(N2N=c3ccc(OCC(F)F)nc3=C(c3ccc(C(F)F)nc3)C2O)ccc1=O. The van der Waals surface area contributed by atoms with Crippen molar-refractivity contribution in [2.24, 2.45) is 12.1 Å². The highest BCUT2D eigenvalue weighted by Gasteiger charge is 2.28. The molecule has 1 aliphatic heterocycles. The van der Waals surface area contributed by atoms with Crippen LogP contribution in [0.25, 0.3) is 5.57 Å². The smallest absolute Gasteiger partial charge is 0.280 e. The number of ether oxygens (including phenoxy) is 1. The molecule has 8 nitrogen and oxygen atoms in total. The number of rotatable bonds is 6. The fourth-order valence-electron chi connectivity index (χ4n) is 3.25.